The lowest BCUT2D eigenvalue weighted by molar-refractivity contribution is -0.113. The molecule has 0 saturated carbocycles. The summed E-state index contributed by atoms with van der Waals surface area (Å²) in [7, 11) is 1.51. The first-order chi connectivity index (χ1) is 17.4. The van der Waals surface area contributed by atoms with E-state index in [1.54, 1.807) is 66.7 Å². The molecule has 0 unspecified atom stereocenters. The number of carbonyl (C=O) groups excluding carboxylic acids is 2. The molecule has 2 amide bonds. The highest BCUT2D eigenvalue weighted by Gasteiger charge is 2.17. The molecule has 182 valence electrons. The summed E-state index contributed by atoms with van der Waals surface area (Å²) in [6.07, 6.45) is 0. The fourth-order valence-corrected chi connectivity index (χ4v) is 4.61. The number of hydrogen-bond donors (Lipinski definition) is 3. The van der Waals surface area contributed by atoms with Gasteiger partial charge in [-0.25, -0.2) is 4.79 Å². The van der Waals surface area contributed by atoms with Crippen LogP contribution in [0.4, 0.5) is 11.4 Å². The molecule has 0 fully saturated rings. The molecule has 4 aromatic rings. The summed E-state index contributed by atoms with van der Waals surface area (Å²) in [4.78, 5) is 38.0. The number of benzene rings is 4. The van der Waals surface area contributed by atoms with E-state index in [-0.39, 0.29) is 22.8 Å². The Balaban J connectivity index is 1.46. The number of halogens is 1. The molecule has 0 heterocycles. The van der Waals surface area contributed by atoms with Gasteiger partial charge >= 0.3 is 5.97 Å². The zero-order valence-corrected chi connectivity index (χ0v) is 20.7. The number of aromatic carboxylic acids is 1. The number of carboxylic acids is 1. The highest BCUT2D eigenvalue weighted by Crippen LogP contribution is 2.29. The van der Waals surface area contributed by atoms with E-state index in [4.69, 9.17) is 16.3 Å². The number of carboxylic acid groups (broad SMARTS) is 1. The van der Waals surface area contributed by atoms with E-state index in [2.05, 4.69) is 10.6 Å². The molecule has 0 radical (unpaired) electrons. The molecular formula is C27H21ClN2O5S. The summed E-state index contributed by atoms with van der Waals surface area (Å²) in [5, 5.41) is 16.7. The van der Waals surface area contributed by atoms with Gasteiger partial charge in [-0.1, -0.05) is 41.9 Å². The fourth-order valence-electron chi connectivity index (χ4n) is 3.68. The molecule has 4 rings (SSSR count). The Morgan fingerprint density at radius 1 is 0.917 bits per heavy atom. The Hall–Kier alpha value is -4.01. The minimum Gasteiger partial charge on any atom is -0.495 e. The molecule has 4 aromatic carbocycles. The second-order valence-electron chi connectivity index (χ2n) is 7.68. The van der Waals surface area contributed by atoms with Crippen LogP contribution in [-0.2, 0) is 4.79 Å². The van der Waals surface area contributed by atoms with Gasteiger partial charge < -0.3 is 20.5 Å². The van der Waals surface area contributed by atoms with Crippen LogP contribution in [0.15, 0.2) is 83.8 Å². The van der Waals surface area contributed by atoms with Crippen LogP contribution in [0.25, 0.3) is 10.8 Å². The standard InChI is InChI=1S/C27H21ClN2O5S/c1-35-23-12-11-17(28)13-22(23)30-24(31)15-36-19-8-4-7-18(14-19)29-26(32)20-9-2-5-16-6-3-10-21(25(16)20)27(33)34/h2-14H,15H2,1H3,(H,29,32)(H,30,31)(H,33,34). The van der Waals surface area contributed by atoms with E-state index in [0.29, 0.717) is 32.9 Å². The van der Waals surface area contributed by atoms with Crippen molar-refractivity contribution in [3.63, 3.8) is 0 Å². The van der Waals surface area contributed by atoms with Crippen molar-refractivity contribution in [2.24, 2.45) is 0 Å². The smallest absolute Gasteiger partial charge is 0.336 e. The summed E-state index contributed by atoms with van der Waals surface area (Å²) in [5.74, 6) is -1.15. The van der Waals surface area contributed by atoms with Crippen molar-refractivity contribution in [1.82, 2.24) is 0 Å². The minimum absolute atomic E-state index is 0.0601. The van der Waals surface area contributed by atoms with Crippen molar-refractivity contribution in [3.8, 4) is 5.75 Å². The lowest BCUT2D eigenvalue weighted by Crippen LogP contribution is -2.15. The quantitative estimate of drug-likeness (QED) is 0.239. The molecule has 0 bridgehead atoms. The van der Waals surface area contributed by atoms with Gasteiger partial charge in [0, 0.05) is 26.6 Å². The van der Waals surface area contributed by atoms with Gasteiger partial charge in [-0.3, -0.25) is 9.59 Å². The van der Waals surface area contributed by atoms with Crippen molar-refractivity contribution in [2.75, 3.05) is 23.5 Å². The van der Waals surface area contributed by atoms with Crippen molar-refractivity contribution in [3.05, 3.63) is 95.0 Å². The first kappa shape index (κ1) is 25.1. The largest absolute Gasteiger partial charge is 0.495 e. The van der Waals surface area contributed by atoms with Gasteiger partial charge in [0.2, 0.25) is 5.91 Å². The topological polar surface area (TPSA) is 105 Å². The van der Waals surface area contributed by atoms with Gasteiger partial charge in [0.15, 0.2) is 0 Å². The van der Waals surface area contributed by atoms with E-state index in [1.807, 2.05) is 6.07 Å². The molecule has 0 aliphatic carbocycles. The number of methoxy groups -OCH3 is 1. The Labute approximate surface area is 216 Å². The lowest BCUT2D eigenvalue weighted by Gasteiger charge is -2.12. The number of hydrogen-bond acceptors (Lipinski definition) is 5. The molecule has 0 saturated heterocycles. The first-order valence-corrected chi connectivity index (χ1v) is 12.1. The molecule has 3 N–H and O–H groups in total. The number of thioether (sulfide) groups is 1. The van der Waals surface area contributed by atoms with E-state index < -0.39 is 11.9 Å². The summed E-state index contributed by atoms with van der Waals surface area (Å²) >= 11 is 7.31. The summed E-state index contributed by atoms with van der Waals surface area (Å²) in [5.41, 5.74) is 1.32. The monoisotopic (exact) mass is 520 g/mol. The van der Waals surface area contributed by atoms with Crippen molar-refractivity contribution < 1.29 is 24.2 Å². The van der Waals surface area contributed by atoms with Crippen LogP contribution in [0.2, 0.25) is 5.02 Å². The van der Waals surface area contributed by atoms with Gasteiger partial charge in [0.1, 0.15) is 5.75 Å². The van der Waals surface area contributed by atoms with Crippen LogP contribution in [-0.4, -0.2) is 35.8 Å². The number of rotatable bonds is 8. The van der Waals surface area contributed by atoms with Crippen molar-refractivity contribution in [1.29, 1.82) is 0 Å². The third-order valence-electron chi connectivity index (χ3n) is 5.28. The summed E-state index contributed by atoms with van der Waals surface area (Å²) in [6.45, 7) is 0. The van der Waals surface area contributed by atoms with Crippen LogP contribution in [0.5, 0.6) is 5.75 Å². The van der Waals surface area contributed by atoms with E-state index in [1.165, 1.54) is 24.9 Å². The lowest BCUT2D eigenvalue weighted by atomic mass is 9.98. The predicted molar refractivity (Wildman–Crippen MR) is 143 cm³/mol. The molecule has 36 heavy (non-hydrogen) atoms. The number of ether oxygens (including phenoxy) is 1. The van der Waals surface area contributed by atoms with E-state index >= 15 is 0 Å². The van der Waals surface area contributed by atoms with Gasteiger partial charge in [-0.05, 0) is 53.9 Å². The van der Waals surface area contributed by atoms with Crippen LogP contribution in [0, 0.1) is 0 Å². The summed E-state index contributed by atoms with van der Waals surface area (Å²) < 4.78 is 5.25. The second-order valence-corrected chi connectivity index (χ2v) is 9.16. The molecule has 0 spiro atoms. The fraction of sp³-hybridized carbons (Fsp3) is 0.0741. The van der Waals surface area contributed by atoms with Gasteiger partial charge in [-0.2, -0.15) is 0 Å². The Kier molecular flexibility index (Phi) is 7.77. The highest BCUT2D eigenvalue weighted by molar-refractivity contribution is 8.00. The molecule has 0 aliphatic rings. The highest BCUT2D eigenvalue weighted by atomic mass is 35.5. The van der Waals surface area contributed by atoms with Crippen molar-refractivity contribution >= 4 is 63.3 Å². The third-order valence-corrected chi connectivity index (χ3v) is 6.51. The third kappa shape index (κ3) is 5.79. The van der Waals surface area contributed by atoms with Crippen LogP contribution < -0.4 is 15.4 Å². The van der Waals surface area contributed by atoms with Gasteiger partial charge in [-0.15, -0.1) is 11.8 Å². The number of anilines is 2. The predicted octanol–water partition coefficient (Wildman–Crippen LogP) is 6.18. The SMILES string of the molecule is COc1ccc(Cl)cc1NC(=O)CSc1cccc(NC(=O)c2cccc3cccc(C(=O)O)c23)c1. The van der Waals surface area contributed by atoms with Crippen LogP contribution in [0.3, 0.4) is 0 Å². The van der Waals surface area contributed by atoms with Crippen molar-refractivity contribution in [2.45, 2.75) is 4.90 Å². The van der Waals surface area contributed by atoms with E-state index in [0.717, 1.165) is 4.90 Å². The Morgan fingerprint density at radius 3 is 2.36 bits per heavy atom. The maximum atomic E-state index is 13.1. The first-order valence-electron chi connectivity index (χ1n) is 10.8. The Morgan fingerprint density at radius 2 is 1.64 bits per heavy atom. The molecular weight excluding hydrogens is 500 g/mol. The van der Waals surface area contributed by atoms with Crippen LogP contribution in [0.1, 0.15) is 20.7 Å². The number of carbonyl (C=O) groups is 3. The zero-order chi connectivity index (χ0) is 25.7. The summed E-state index contributed by atoms with van der Waals surface area (Å²) in [6, 6.07) is 22.0. The average Bonchev–Trinajstić information content (AvgIpc) is 2.87. The van der Waals surface area contributed by atoms with Crippen LogP contribution >= 0.6 is 23.4 Å². The molecule has 0 aliphatic heterocycles. The molecule has 0 atom stereocenters. The number of amides is 2. The average molecular weight is 521 g/mol. The molecule has 0 aromatic heterocycles. The minimum atomic E-state index is -1.10. The van der Waals surface area contributed by atoms with Gasteiger partial charge in [0.05, 0.1) is 24.1 Å². The molecule has 9 heteroatoms. The molecule has 7 nitrogen and oxygen atoms in total. The van der Waals surface area contributed by atoms with Gasteiger partial charge in [0.25, 0.3) is 5.91 Å². The Bertz CT molecular complexity index is 1470. The second kappa shape index (κ2) is 11.2. The maximum Gasteiger partial charge on any atom is 0.336 e. The maximum absolute atomic E-state index is 13.1. The zero-order valence-electron chi connectivity index (χ0n) is 19.1. The normalized spacial score (nSPS) is 10.6. The van der Waals surface area contributed by atoms with E-state index in [9.17, 15) is 19.5 Å². The number of fused-ring (bicyclic) bond motifs is 1. The number of nitrogens with one attached hydrogen (secondary N) is 2.